The van der Waals surface area contributed by atoms with Gasteiger partial charge in [-0.05, 0) is 24.0 Å². The number of rotatable bonds is 5. The van der Waals surface area contributed by atoms with Crippen LogP contribution in [-0.2, 0) is 17.6 Å². The monoisotopic (exact) mass is 204 g/mol. The molecule has 1 rings (SSSR count). The Hall–Kier alpha value is -1.11. The van der Waals surface area contributed by atoms with Gasteiger partial charge in [0, 0.05) is 12.3 Å². The number of hydrogen-bond acceptors (Lipinski definition) is 1. The summed E-state index contributed by atoms with van der Waals surface area (Å²) in [5.74, 6) is 0.517. The second-order valence-corrected chi connectivity index (χ2v) is 4.05. The fraction of sp³-hybridized carbons (Fsp3) is 0.500. The van der Waals surface area contributed by atoms with E-state index >= 15 is 0 Å². The zero-order valence-corrected chi connectivity index (χ0v) is 9.92. The smallest absolute Gasteiger partial charge is 0.135 e. The molecule has 0 aliphatic rings. The number of Topliss-reactive ketones (excluding diaryl/α,β-unsaturated/α-hetero) is 1. The van der Waals surface area contributed by atoms with Crippen molar-refractivity contribution in [2.24, 2.45) is 5.92 Å². The highest BCUT2D eigenvalue weighted by Gasteiger charge is 2.12. The van der Waals surface area contributed by atoms with Gasteiger partial charge in [0.05, 0.1) is 0 Å². The number of benzene rings is 1. The summed E-state index contributed by atoms with van der Waals surface area (Å²) in [6.07, 6.45) is 2.58. The minimum Gasteiger partial charge on any atom is -0.299 e. The van der Waals surface area contributed by atoms with Crippen molar-refractivity contribution in [1.82, 2.24) is 0 Å². The van der Waals surface area contributed by atoms with Crippen molar-refractivity contribution < 1.29 is 4.79 Å². The van der Waals surface area contributed by atoms with Crippen molar-refractivity contribution in [3.63, 3.8) is 0 Å². The van der Waals surface area contributed by atoms with Crippen LogP contribution < -0.4 is 0 Å². The third-order valence-electron chi connectivity index (χ3n) is 2.92. The van der Waals surface area contributed by atoms with Gasteiger partial charge in [0.1, 0.15) is 5.78 Å². The van der Waals surface area contributed by atoms with Crippen molar-refractivity contribution in [1.29, 1.82) is 0 Å². The molecule has 82 valence electrons. The van der Waals surface area contributed by atoms with Crippen LogP contribution >= 0.6 is 0 Å². The van der Waals surface area contributed by atoms with Crippen LogP contribution in [-0.4, -0.2) is 5.78 Å². The van der Waals surface area contributed by atoms with Crippen LogP contribution in [0, 0.1) is 5.92 Å². The van der Waals surface area contributed by atoms with Gasteiger partial charge in [0.15, 0.2) is 0 Å². The molecule has 0 amide bonds. The molecular weight excluding hydrogens is 184 g/mol. The lowest BCUT2D eigenvalue weighted by molar-refractivity contribution is -0.122. The van der Waals surface area contributed by atoms with E-state index in [-0.39, 0.29) is 5.92 Å². The normalized spacial score (nSPS) is 12.5. The number of hydrogen-bond donors (Lipinski definition) is 0. The van der Waals surface area contributed by atoms with E-state index in [4.69, 9.17) is 0 Å². The maximum Gasteiger partial charge on any atom is 0.135 e. The van der Waals surface area contributed by atoms with Crippen molar-refractivity contribution in [2.75, 3.05) is 0 Å². The van der Waals surface area contributed by atoms with Gasteiger partial charge in [-0.1, -0.05) is 45.0 Å². The van der Waals surface area contributed by atoms with Crippen LogP contribution in [0.15, 0.2) is 24.3 Å². The molecule has 0 radical (unpaired) electrons. The Balaban J connectivity index is 2.75. The van der Waals surface area contributed by atoms with Crippen molar-refractivity contribution in [3.8, 4) is 0 Å². The first kappa shape index (κ1) is 12.0. The lowest BCUT2D eigenvalue weighted by atomic mass is 9.92. The molecule has 0 unspecified atom stereocenters. The first-order chi connectivity index (χ1) is 7.19. The van der Waals surface area contributed by atoms with E-state index in [9.17, 15) is 4.79 Å². The van der Waals surface area contributed by atoms with Gasteiger partial charge in [0.25, 0.3) is 0 Å². The van der Waals surface area contributed by atoms with Gasteiger partial charge in [-0.3, -0.25) is 4.79 Å². The van der Waals surface area contributed by atoms with Gasteiger partial charge >= 0.3 is 0 Å². The number of ketones is 1. The summed E-state index contributed by atoms with van der Waals surface area (Å²) in [5, 5.41) is 0. The zero-order chi connectivity index (χ0) is 11.3. The molecule has 0 spiro atoms. The first-order valence-corrected chi connectivity index (χ1v) is 5.78. The Morgan fingerprint density at radius 1 is 1.20 bits per heavy atom. The fourth-order valence-electron chi connectivity index (χ4n) is 1.89. The molecule has 1 atom stereocenters. The Morgan fingerprint density at radius 2 is 1.80 bits per heavy atom. The molecule has 15 heavy (non-hydrogen) atoms. The van der Waals surface area contributed by atoms with E-state index in [1.807, 2.05) is 13.8 Å². The van der Waals surface area contributed by atoms with E-state index < -0.39 is 0 Å². The summed E-state index contributed by atoms with van der Waals surface area (Å²) in [6.45, 7) is 6.12. The van der Waals surface area contributed by atoms with E-state index in [1.165, 1.54) is 11.1 Å². The molecule has 0 fully saturated rings. The SMILES string of the molecule is CCC(=O)[C@@H](C)Cc1ccccc1CC. The summed E-state index contributed by atoms with van der Waals surface area (Å²) >= 11 is 0. The molecule has 0 saturated carbocycles. The van der Waals surface area contributed by atoms with Gasteiger partial charge in [-0.2, -0.15) is 0 Å². The lowest BCUT2D eigenvalue weighted by Gasteiger charge is -2.12. The van der Waals surface area contributed by atoms with E-state index in [0.717, 1.165) is 12.8 Å². The van der Waals surface area contributed by atoms with Crippen LogP contribution in [0.25, 0.3) is 0 Å². The Labute approximate surface area is 92.5 Å². The zero-order valence-electron chi connectivity index (χ0n) is 9.92. The third kappa shape index (κ3) is 3.19. The molecule has 0 aromatic heterocycles. The van der Waals surface area contributed by atoms with Crippen LogP contribution in [0.2, 0.25) is 0 Å². The molecule has 1 aromatic carbocycles. The van der Waals surface area contributed by atoms with Gasteiger partial charge in [0.2, 0.25) is 0 Å². The predicted octanol–water partition coefficient (Wildman–Crippen LogP) is 3.41. The van der Waals surface area contributed by atoms with Gasteiger partial charge in [-0.25, -0.2) is 0 Å². The van der Waals surface area contributed by atoms with Crippen molar-refractivity contribution in [3.05, 3.63) is 35.4 Å². The fourth-order valence-corrected chi connectivity index (χ4v) is 1.89. The van der Waals surface area contributed by atoms with Crippen molar-refractivity contribution in [2.45, 2.75) is 40.0 Å². The summed E-state index contributed by atoms with van der Waals surface area (Å²) in [6, 6.07) is 8.41. The van der Waals surface area contributed by atoms with Crippen LogP contribution in [0.4, 0.5) is 0 Å². The average molecular weight is 204 g/mol. The molecule has 0 bridgehead atoms. The second-order valence-electron chi connectivity index (χ2n) is 4.05. The summed E-state index contributed by atoms with van der Waals surface area (Å²) in [7, 11) is 0. The lowest BCUT2D eigenvalue weighted by Crippen LogP contribution is -2.13. The molecule has 0 N–H and O–H groups in total. The molecule has 0 aliphatic carbocycles. The number of carbonyl (C=O) groups excluding carboxylic acids is 1. The Morgan fingerprint density at radius 3 is 2.33 bits per heavy atom. The number of aryl methyl sites for hydroxylation is 1. The maximum atomic E-state index is 11.5. The highest BCUT2D eigenvalue weighted by molar-refractivity contribution is 5.80. The summed E-state index contributed by atoms with van der Waals surface area (Å²) in [5.41, 5.74) is 2.70. The number of carbonyl (C=O) groups is 1. The largest absolute Gasteiger partial charge is 0.299 e. The molecule has 0 aliphatic heterocycles. The van der Waals surface area contributed by atoms with Crippen LogP contribution in [0.3, 0.4) is 0 Å². The minimum atomic E-state index is 0.155. The minimum absolute atomic E-state index is 0.155. The molecule has 0 saturated heterocycles. The van der Waals surface area contributed by atoms with Crippen LogP contribution in [0.1, 0.15) is 38.3 Å². The first-order valence-electron chi connectivity index (χ1n) is 5.78. The third-order valence-corrected chi connectivity index (χ3v) is 2.92. The Bertz CT molecular complexity index is 328. The van der Waals surface area contributed by atoms with E-state index in [2.05, 4.69) is 31.2 Å². The molecule has 1 nitrogen and oxygen atoms in total. The van der Waals surface area contributed by atoms with Crippen LogP contribution in [0.5, 0.6) is 0 Å². The summed E-state index contributed by atoms with van der Waals surface area (Å²) < 4.78 is 0. The van der Waals surface area contributed by atoms with Gasteiger partial charge < -0.3 is 0 Å². The maximum absolute atomic E-state index is 11.5. The quantitative estimate of drug-likeness (QED) is 0.718. The highest BCUT2D eigenvalue weighted by atomic mass is 16.1. The van der Waals surface area contributed by atoms with E-state index in [0.29, 0.717) is 12.2 Å². The average Bonchev–Trinajstić information content (AvgIpc) is 2.28. The summed E-state index contributed by atoms with van der Waals surface area (Å²) in [4.78, 5) is 11.5. The predicted molar refractivity (Wildman–Crippen MR) is 64.0 cm³/mol. The molecule has 1 aromatic rings. The van der Waals surface area contributed by atoms with Gasteiger partial charge in [-0.15, -0.1) is 0 Å². The standard InChI is InChI=1S/C14H20O/c1-4-12-8-6-7-9-13(12)10-11(3)14(15)5-2/h6-9,11H,4-5,10H2,1-3H3/t11-/m0/s1. The van der Waals surface area contributed by atoms with Crippen molar-refractivity contribution >= 4 is 5.78 Å². The highest BCUT2D eigenvalue weighted by Crippen LogP contribution is 2.15. The Kier molecular flexibility index (Phi) is 4.54. The second kappa shape index (κ2) is 5.69. The topological polar surface area (TPSA) is 17.1 Å². The molecule has 0 heterocycles. The van der Waals surface area contributed by atoms with E-state index in [1.54, 1.807) is 0 Å². The molecular formula is C14H20O. The molecule has 1 heteroatoms.